The summed E-state index contributed by atoms with van der Waals surface area (Å²) in [5, 5.41) is 1.30. The fraction of sp³-hybridized carbons (Fsp3) is 1.00. The second kappa shape index (κ2) is 5.83. The Bertz CT molecular complexity index is 19.5. The van der Waals surface area contributed by atoms with Crippen LogP contribution in [0.3, 0.4) is 0 Å². The van der Waals surface area contributed by atoms with Crippen molar-refractivity contribution < 1.29 is 0 Å². The molecular formula is C4H9ClGe. The molecule has 0 fully saturated rings. The molecule has 0 spiro atoms. The van der Waals surface area contributed by atoms with Gasteiger partial charge in [0.2, 0.25) is 0 Å². The second-order valence-corrected chi connectivity index (χ2v) is 4.24. The molecule has 2 heteroatoms. The summed E-state index contributed by atoms with van der Waals surface area (Å²) >= 11 is -0.0296. The van der Waals surface area contributed by atoms with Crippen LogP contribution in [0.5, 0.6) is 0 Å². The third kappa shape index (κ3) is 4.83. The first-order valence-corrected chi connectivity index (χ1v) is 6.49. The number of hydrogen-bond donors (Lipinski definition) is 0. The molecule has 0 N–H and O–H groups in total. The van der Waals surface area contributed by atoms with Gasteiger partial charge in [0, 0.05) is 0 Å². The van der Waals surface area contributed by atoms with Crippen molar-refractivity contribution in [2.24, 2.45) is 0 Å². The van der Waals surface area contributed by atoms with Crippen LogP contribution in [-0.4, -0.2) is 14.5 Å². The average molecular weight is 165 g/mol. The average Bonchev–Trinajstić information content (AvgIpc) is 1.61. The Morgan fingerprint density at radius 3 is 2.50 bits per heavy atom. The molecule has 0 heterocycles. The third-order valence-corrected chi connectivity index (χ3v) is 2.75. The van der Waals surface area contributed by atoms with Crippen molar-refractivity contribution in [3.8, 4) is 0 Å². The molecule has 36 valence electrons. The van der Waals surface area contributed by atoms with Gasteiger partial charge in [0.15, 0.2) is 0 Å². The van der Waals surface area contributed by atoms with E-state index in [0.29, 0.717) is 0 Å². The first-order valence-electron chi connectivity index (χ1n) is 2.25. The molecule has 6 heavy (non-hydrogen) atoms. The van der Waals surface area contributed by atoms with Crippen molar-refractivity contribution in [3.05, 3.63) is 0 Å². The van der Waals surface area contributed by atoms with Crippen molar-refractivity contribution in [2.45, 2.75) is 25.0 Å². The van der Waals surface area contributed by atoms with Gasteiger partial charge in [0.05, 0.1) is 0 Å². The summed E-state index contributed by atoms with van der Waals surface area (Å²) in [6.07, 6.45) is 2.64. The molecule has 0 atom stereocenters. The zero-order valence-corrected chi connectivity index (χ0v) is 6.85. The predicted octanol–water partition coefficient (Wildman–Crippen LogP) is 2.06. The van der Waals surface area contributed by atoms with Crippen LogP contribution >= 0.6 is 10.0 Å². The van der Waals surface area contributed by atoms with Crippen LogP contribution in [0.1, 0.15) is 19.8 Å². The van der Waals surface area contributed by atoms with Crippen LogP contribution in [0.15, 0.2) is 0 Å². The van der Waals surface area contributed by atoms with Gasteiger partial charge in [0.1, 0.15) is 0 Å². The van der Waals surface area contributed by atoms with Gasteiger partial charge in [-0.2, -0.15) is 0 Å². The number of rotatable bonds is 3. The minimum atomic E-state index is -0.0296. The molecule has 0 aromatic heterocycles. The minimum absolute atomic E-state index is 0.0296. The van der Waals surface area contributed by atoms with Crippen LogP contribution in [0.2, 0.25) is 5.25 Å². The molecule has 0 amide bonds. The van der Waals surface area contributed by atoms with Gasteiger partial charge in [-0.1, -0.05) is 0 Å². The fourth-order valence-corrected chi connectivity index (χ4v) is 1.96. The van der Waals surface area contributed by atoms with E-state index >= 15 is 0 Å². The molecule has 0 aliphatic rings. The van der Waals surface area contributed by atoms with Crippen molar-refractivity contribution in [3.63, 3.8) is 0 Å². The van der Waals surface area contributed by atoms with Gasteiger partial charge in [-0.3, -0.25) is 0 Å². The van der Waals surface area contributed by atoms with E-state index in [0.717, 1.165) is 0 Å². The molecule has 0 unspecified atom stereocenters. The van der Waals surface area contributed by atoms with Crippen LogP contribution < -0.4 is 0 Å². The second-order valence-electron chi connectivity index (χ2n) is 1.24. The number of hydrogen-bond acceptors (Lipinski definition) is 0. The summed E-state index contributed by atoms with van der Waals surface area (Å²) in [6, 6.07) is 0. The molecule has 0 aromatic carbocycles. The molecule has 0 bridgehead atoms. The summed E-state index contributed by atoms with van der Waals surface area (Å²) in [7, 11) is 5.51. The van der Waals surface area contributed by atoms with Crippen molar-refractivity contribution in [1.29, 1.82) is 0 Å². The van der Waals surface area contributed by atoms with Crippen LogP contribution in [0.25, 0.3) is 0 Å². The van der Waals surface area contributed by atoms with Crippen LogP contribution in [0, 0.1) is 0 Å². The van der Waals surface area contributed by atoms with Gasteiger partial charge in [-0.25, -0.2) is 0 Å². The van der Waals surface area contributed by atoms with E-state index in [1.54, 1.807) is 0 Å². The summed E-state index contributed by atoms with van der Waals surface area (Å²) in [5.74, 6) is 0. The van der Waals surface area contributed by atoms with E-state index in [9.17, 15) is 0 Å². The summed E-state index contributed by atoms with van der Waals surface area (Å²) < 4.78 is 0. The monoisotopic (exact) mass is 166 g/mol. The Hall–Kier alpha value is 0.833. The number of halogens is 1. The molecule has 0 aliphatic heterocycles. The van der Waals surface area contributed by atoms with Crippen molar-refractivity contribution >= 4 is 24.5 Å². The fourth-order valence-electron chi connectivity index (χ4n) is 0.244. The maximum absolute atomic E-state index is 5.51. The van der Waals surface area contributed by atoms with E-state index in [1.807, 2.05) is 0 Å². The predicted molar refractivity (Wildman–Crippen MR) is 31.3 cm³/mol. The van der Waals surface area contributed by atoms with Crippen LogP contribution in [0.4, 0.5) is 0 Å². The molecule has 0 nitrogen and oxygen atoms in total. The van der Waals surface area contributed by atoms with E-state index in [2.05, 4.69) is 6.92 Å². The van der Waals surface area contributed by atoms with E-state index in [4.69, 9.17) is 10.0 Å². The standard InChI is InChI=1S/C4H9ClGe/c1-2-3-4-6-5/h2-4H2,1H3. The third-order valence-electron chi connectivity index (χ3n) is 0.625. The Balaban J connectivity index is 2.34. The van der Waals surface area contributed by atoms with Crippen LogP contribution in [-0.2, 0) is 0 Å². The van der Waals surface area contributed by atoms with Gasteiger partial charge < -0.3 is 0 Å². The summed E-state index contributed by atoms with van der Waals surface area (Å²) in [4.78, 5) is 0. The first kappa shape index (κ1) is 6.83. The maximum atomic E-state index is 5.51. The molecule has 0 saturated carbocycles. The molecule has 0 saturated heterocycles. The SMILES string of the molecule is CCC[CH2][Ge][Cl]. The Kier molecular flexibility index (Phi) is 6.64. The molecule has 0 aromatic rings. The molecule has 0 aliphatic carbocycles. The zero-order chi connectivity index (χ0) is 4.83. The topological polar surface area (TPSA) is 0 Å². The van der Waals surface area contributed by atoms with Crippen molar-refractivity contribution in [2.75, 3.05) is 0 Å². The first-order chi connectivity index (χ1) is 2.91. The van der Waals surface area contributed by atoms with Gasteiger partial charge in [-0.15, -0.1) is 0 Å². The zero-order valence-electron chi connectivity index (χ0n) is 4.00. The normalized spacial score (nSPS) is 9.00. The summed E-state index contributed by atoms with van der Waals surface area (Å²) in [6.45, 7) is 2.19. The quantitative estimate of drug-likeness (QED) is 0.443. The Morgan fingerprint density at radius 1 is 1.67 bits per heavy atom. The van der Waals surface area contributed by atoms with E-state index < -0.39 is 0 Å². The number of unbranched alkanes of at least 4 members (excludes halogenated alkanes) is 1. The van der Waals surface area contributed by atoms with Gasteiger partial charge >= 0.3 is 49.5 Å². The Morgan fingerprint density at radius 2 is 2.33 bits per heavy atom. The van der Waals surface area contributed by atoms with Gasteiger partial charge in [-0.05, 0) is 0 Å². The van der Waals surface area contributed by atoms with E-state index in [1.165, 1.54) is 18.1 Å². The molecule has 2 radical (unpaired) electrons. The Labute approximate surface area is 49.9 Å². The van der Waals surface area contributed by atoms with E-state index in [-0.39, 0.29) is 14.5 Å². The summed E-state index contributed by atoms with van der Waals surface area (Å²) in [5.41, 5.74) is 0. The van der Waals surface area contributed by atoms with Crippen molar-refractivity contribution in [1.82, 2.24) is 0 Å². The van der Waals surface area contributed by atoms with Gasteiger partial charge in [0.25, 0.3) is 0 Å². The molecular weight excluding hydrogens is 156 g/mol. The molecule has 0 rings (SSSR count).